The summed E-state index contributed by atoms with van der Waals surface area (Å²) >= 11 is 0. The van der Waals surface area contributed by atoms with Gasteiger partial charge in [0.25, 0.3) is 0 Å². The summed E-state index contributed by atoms with van der Waals surface area (Å²) in [5.41, 5.74) is 1.20. The Labute approximate surface area is 102 Å². The van der Waals surface area contributed by atoms with E-state index in [1.807, 2.05) is 26.2 Å². The zero-order chi connectivity index (χ0) is 12.8. The maximum absolute atomic E-state index is 11.0. The van der Waals surface area contributed by atoms with E-state index in [0.29, 0.717) is 18.2 Å². The van der Waals surface area contributed by atoms with E-state index >= 15 is 0 Å². The molecule has 4 nitrogen and oxygen atoms in total. The van der Waals surface area contributed by atoms with E-state index in [-0.39, 0.29) is 0 Å². The topological polar surface area (TPSA) is 52.6 Å². The standard InChI is InChI=1S/C13H20N2O2/c1-10(15(2)3)8-14-9-11-6-4-5-7-12(11)13(16)17/h4-7,10,14H,8-9H2,1-3H3,(H,16,17). The van der Waals surface area contributed by atoms with E-state index in [4.69, 9.17) is 5.11 Å². The van der Waals surface area contributed by atoms with Crippen molar-refractivity contribution in [2.75, 3.05) is 20.6 Å². The van der Waals surface area contributed by atoms with Gasteiger partial charge in [-0.15, -0.1) is 0 Å². The number of hydrogen-bond acceptors (Lipinski definition) is 3. The number of likely N-dealkylation sites (N-methyl/N-ethyl adjacent to an activating group) is 1. The second kappa shape index (κ2) is 6.37. The van der Waals surface area contributed by atoms with E-state index in [1.165, 1.54) is 0 Å². The molecule has 0 saturated heterocycles. The molecule has 2 N–H and O–H groups in total. The minimum Gasteiger partial charge on any atom is -0.478 e. The molecule has 4 heteroatoms. The van der Waals surface area contributed by atoms with Crippen molar-refractivity contribution in [2.45, 2.75) is 19.5 Å². The van der Waals surface area contributed by atoms with Crippen LogP contribution in [0, 0.1) is 0 Å². The third-order valence-electron chi connectivity index (χ3n) is 2.88. The van der Waals surface area contributed by atoms with Gasteiger partial charge in [-0.3, -0.25) is 0 Å². The maximum atomic E-state index is 11.0. The first kappa shape index (κ1) is 13.7. The molecule has 0 aliphatic carbocycles. The second-order valence-electron chi connectivity index (χ2n) is 4.41. The predicted octanol–water partition coefficient (Wildman–Crippen LogP) is 1.42. The molecule has 0 fully saturated rings. The molecule has 17 heavy (non-hydrogen) atoms. The summed E-state index contributed by atoms with van der Waals surface area (Å²) in [7, 11) is 4.05. The highest BCUT2D eigenvalue weighted by Gasteiger charge is 2.09. The fraction of sp³-hybridized carbons (Fsp3) is 0.462. The Balaban J connectivity index is 2.55. The van der Waals surface area contributed by atoms with Gasteiger partial charge in [-0.25, -0.2) is 4.79 Å². The van der Waals surface area contributed by atoms with Gasteiger partial charge in [0.15, 0.2) is 0 Å². The van der Waals surface area contributed by atoms with Crippen LogP contribution >= 0.6 is 0 Å². The third kappa shape index (κ3) is 4.17. The van der Waals surface area contributed by atoms with E-state index < -0.39 is 5.97 Å². The number of nitrogens with one attached hydrogen (secondary N) is 1. The summed E-state index contributed by atoms with van der Waals surface area (Å²) in [6, 6.07) is 7.51. The van der Waals surface area contributed by atoms with E-state index in [0.717, 1.165) is 12.1 Å². The SMILES string of the molecule is CC(CNCc1ccccc1C(=O)O)N(C)C. The van der Waals surface area contributed by atoms with Crippen LogP contribution in [0.2, 0.25) is 0 Å². The fourth-order valence-corrected chi connectivity index (χ4v) is 1.48. The van der Waals surface area contributed by atoms with Crippen LogP contribution in [-0.4, -0.2) is 42.7 Å². The number of benzene rings is 1. The lowest BCUT2D eigenvalue weighted by Crippen LogP contribution is -2.35. The van der Waals surface area contributed by atoms with Gasteiger partial charge in [-0.05, 0) is 32.6 Å². The highest BCUT2D eigenvalue weighted by atomic mass is 16.4. The molecule has 0 radical (unpaired) electrons. The lowest BCUT2D eigenvalue weighted by Gasteiger charge is -2.20. The van der Waals surface area contributed by atoms with E-state index in [2.05, 4.69) is 17.1 Å². The summed E-state index contributed by atoms with van der Waals surface area (Å²) in [6.45, 7) is 3.54. The van der Waals surface area contributed by atoms with Gasteiger partial charge in [-0.2, -0.15) is 0 Å². The van der Waals surface area contributed by atoms with Crippen LogP contribution in [-0.2, 0) is 6.54 Å². The van der Waals surface area contributed by atoms with Crippen molar-refractivity contribution in [2.24, 2.45) is 0 Å². The smallest absolute Gasteiger partial charge is 0.336 e. The van der Waals surface area contributed by atoms with E-state index in [1.54, 1.807) is 12.1 Å². The molecule has 1 rings (SSSR count). The van der Waals surface area contributed by atoms with Gasteiger partial charge in [0.05, 0.1) is 5.56 Å². The van der Waals surface area contributed by atoms with Crippen LogP contribution in [0.5, 0.6) is 0 Å². The molecule has 0 heterocycles. The largest absolute Gasteiger partial charge is 0.478 e. The van der Waals surface area contributed by atoms with Gasteiger partial charge >= 0.3 is 5.97 Å². The molecule has 1 atom stereocenters. The Kier molecular flexibility index (Phi) is 5.12. The number of carbonyl (C=O) groups is 1. The van der Waals surface area contributed by atoms with Crippen LogP contribution in [0.15, 0.2) is 24.3 Å². The van der Waals surface area contributed by atoms with Crippen molar-refractivity contribution < 1.29 is 9.90 Å². The number of aromatic carboxylic acids is 1. The molecule has 1 aromatic carbocycles. The molecular weight excluding hydrogens is 216 g/mol. The quantitative estimate of drug-likeness (QED) is 0.784. The summed E-state index contributed by atoms with van der Waals surface area (Å²) in [6.07, 6.45) is 0. The number of nitrogens with zero attached hydrogens (tertiary/aromatic N) is 1. The lowest BCUT2D eigenvalue weighted by molar-refractivity contribution is 0.0695. The van der Waals surface area contributed by atoms with Crippen molar-refractivity contribution in [1.29, 1.82) is 0 Å². The maximum Gasteiger partial charge on any atom is 0.336 e. The van der Waals surface area contributed by atoms with Crippen molar-refractivity contribution in [3.63, 3.8) is 0 Å². The van der Waals surface area contributed by atoms with Crippen LogP contribution < -0.4 is 5.32 Å². The normalized spacial score (nSPS) is 12.7. The van der Waals surface area contributed by atoms with Gasteiger partial charge in [0.2, 0.25) is 0 Å². The summed E-state index contributed by atoms with van der Waals surface area (Å²) in [5, 5.41) is 12.3. The summed E-state index contributed by atoms with van der Waals surface area (Å²) in [4.78, 5) is 13.1. The Morgan fingerprint density at radius 2 is 2.06 bits per heavy atom. The average Bonchev–Trinajstić information content (AvgIpc) is 2.29. The molecular formula is C13H20N2O2. The van der Waals surface area contributed by atoms with Crippen LogP contribution in [0.3, 0.4) is 0 Å². The Morgan fingerprint density at radius 3 is 2.65 bits per heavy atom. The Bertz CT molecular complexity index is 377. The molecule has 0 aromatic heterocycles. The van der Waals surface area contributed by atoms with Crippen molar-refractivity contribution in [3.8, 4) is 0 Å². The molecule has 0 aliphatic heterocycles. The van der Waals surface area contributed by atoms with Gasteiger partial charge in [0.1, 0.15) is 0 Å². The molecule has 1 unspecified atom stereocenters. The van der Waals surface area contributed by atoms with Crippen molar-refractivity contribution in [1.82, 2.24) is 10.2 Å². The average molecular weight is 236 g/mol. The molecule has 94 valence electrons. The number of carboxylic acid groups (broad SMARTS) is 1. The lowest BCUT2D eigenvalue weighted by atomic mass is 10.1. The first-order valence-corrected chi connectivity index (χ1v) is 5.70. The first-order valence-electron chi connectivity index (χ1n) is 5.70. The van der Waals surface area contributed by atoms with Crippen LogP contribution in [0.4, 0.5) is 0 Å². The highest BCUT2D eigenvalue weighted by Crippen LogP contribution is 2.08. The van der Waals surface area contributed by atoms with Gasteiger partial charge in [0, 0.05) is 19.1 Å². The molecule has 1 aromatic rings. The molecule has 0 bridgehead atoms. The highest BCUT2D eigenvalue weighted by molar-refractivity contribution is 5.89. The number of carboxylic acids is 1. The second-order valence-corrected chi connectivity index (χ2v) is 4.41. The zero-order valence-corrected chi connectivity index (χ0v) is 10.6. The molecule has 0 spiro atoms. The zero-order valence-electron chi connectivity index (χ0n) is 10.6. The monoisotopic (exact) mass is 236 g/mol. The van der Waals surface area contributed by atoms with Gasteiger partial charge < -0.3 is 15.3 Å². The minimum absolute atomic E-state index is 0.373. The van der Waals surface area contributed by atoms with Crippen molar-refractivity contribution >= 4 is 5.97 Å². The predicted molar refractivity (Wildman–Crippen MR) is 68.3 cm³/mol. The third-order valence-corrected chi connectivity index (χ3v) is 2.88. The molecule has 0 amide bonds. The number of hydrogen-bond donors (Lipinski definition) is 2. The Hall–Kier alpha value is -1.39. The molecule has 0 saturated carbocycles. The molecule has 0 aliphatic rings. The fourth-order valence-electron chi connectivity index (χ4n) is 1.48. The number of rotatable bonds is 6. The Morgan fingerprint density at radius 1 is 1.41 bits per heavy atom. The summed E-state index contributed by atoms with van der Waals surface area (Å²) < 4.78 is 0. The van der Waals surface area contributed by atoms with Crippen LogP contribution in [0.25, 0.3) is 0 Å². The van der Waals surface area contributed by atoms with Gasteiger partial charge in [-0.1, -0.05) is 18.2 Å². The minimum atomic E-state index is -0.872. The van der Waals surface area contributed by atoms with Crippen LogP contribution in [0.1, 0.15) is 22.8 Å². The summed E-state index contributed by atoms with van der Waals surface area (Å²) in [5.74, 6) is -0.872. The van der Waals surface area contributed by atoms with Crippen molar-refractivity contribution in [3.05, 3.63) is 35.4 Å². The first-order chi connectivity index (χ1) is 8.02. The van der Waals surface area contributed by atoms with E-state index in [9.17, 15) is 4.79 Å².